The van der Waals surface area contributed by atoms with E-state index in [-0.39, 0.29) is 24.2 Å². The minimum absolute atomic E-state index is 0.101. The molecule has 0 aliphatic carbocycles. The van der Waals surface area contributed by atoms with Gasteiger partial charge in [0.05, 0.1) is 23.6 Å². The highest BCUT2D eigenvalue weighted by Gasteiger charge is 2.16. The Labute approximate surface area is 133 Å². The summed E-state index contributed by atoms with van der Waals surface area (Å²) in [6.45, 7) is 1.45. The van der Waals surface area contributed by atoms with Gasteiger partial charge < -0.3 is 15.4 Å². The number of aromatic nitrogens is 2. The highest BCUT2D eigenvalue weighted by Crippen LogP contribution is 2.10. The Kier molecular flexibility index (Phi) is 4.57. The van der Waals surface area contributed by atoms with Crippen molar-refractivity contribution in [2.75, 3.05) is 13.2 Å². The molecule has 2 amide bonds. The van der Waals surface area contributed by atoms with Crippen molar-refractivity contribution in [3.63, 3.8) is 0 Å². The average molecular weight is 316 g/mol. The lowest BCUT2D eigenvalue weighted by Crippen LogP contribution is -2.40. The number of urea groups is 1. The maximum Gasteiger partial charge on any atom is 0.315 e. The topological polar surface area (TPSA) is 85.2 Å². The summed E-state index contributed by atoms with van der Waals surface area (Å²) in [5.41, 5.74) is 0.513. The summed E-state index contributed by atoms with van der Waals surface area (Å²) in [6.07, 6.45) is 2.11. The molecule has 7 nitrogen and oxygen atoms in total. The van der Waals surface area contributed by atoms with Gasteiger partial charge in [-0.05, 0) is 25.0 Å². The maximum atomic E-state index is 12.3. The Morgan fingerprint density at radius 1 is 1.39 bits per heavy atom. The van der Waals surface area contributed by atoms with Gasteiger partial charge in [-0.2, -0.15) is 0 Å². The molecule has 1 aliphatic rings. The Balaban J connectivity index is 1.63. The Hall–Kier alpha value is -2.41. The number of hydrogen-bond donors (Lipinski definition) is 2. The third-order valence-electron chi connectivity index (χ3n) is 4.00. The van der Waals surface area contributed by atoms with Crippen molar-refractivity contribution in [1.82, 2.24) is 20.2 Å². The van der Waals surface area contributed by atoms with Gasteiger partial charge in [0.25, 0.3) is 5.56 Å². The summed E-state index contributed by atoms with van der Waals surface area (Å²) in [5.74, 6) is 0.515. The van der Waals surface area contributed by atoms with Crippen LogP contribution in [0.5, 0.6) is 0 Å². The van der Waals surface area contributed by atoms with Crippen LogP contribution in [0.2, 0.25) is 0 Å². The van der Waals surface area contributed by atoms with Crippen LogP contribution in [0.25, 0.3) is 10.9 Å². The molecular formula is C16H20N4O3. The van der Waals surface area contributed by atoms with Gasteiger partial charge in [-0.25, -0.2) is 9.78 Å². The lowest BCUT2D eigenvalue weighted by atomic mass is 10.2. The van der Waals surface area contributed by atoms with Crippen molar-refractivity contribution in [3.05, 3.63) is 40.4 Å². The zero-order valence-electron chi connectivity index (χ0n) is 13.0. The van der Waals surface area contributed by atoms with Gasteiger partial charge in [-0.15, -0.1) is 0 Å². The molecule has 0 spiro atoms. The minimum Gasteiger partial charge on any atom is -0.376 e. The number of benzene rings is 1. The van der Waals surface area contributed by atoms with Crippen molar-refractivity contribution in [1.29, 1.82) is 0 Å². The number of para-hydroxylation sites is 1. The average Bonchev–Trinajstić information content (AvgIpc) is 3.08. The van der Waals surface area contributed by atoms with E-state index in [1.54, 1.807) is 19.2 Å². The largest absolute Gasteiger partial charge is 0.376 e. The van der Waals surface area contributed by atoms with Gasteiger partial charge in [0.15, 0.2) is 0 Å². The molecule has 3 rings (SSSR count). The fourth-order valence-corrected chi connectivity index (χ4v) is 2.66. The van der Waals surface area contributed by atoms with Crippen LogP contribution in [0.4, 0.5) is 4.79 Å². The molecule has 2 aromatic rings. The van der Waals surface area contributed by atoms with Crippen molar-refractivity contribution < 1.29 is 9.53 Å². The normalized spacial score (nSPS) is 17.3. The number of ether oxygens (including phenoxy) is 1. The number of amides is 2. The zero-order chi connectivity index (χ0) is 16.2. The molecule has 23 heavy (non-hydrogen) atoms. The first-order valence-corrected chi connectivity index (χ1v) is 7.73. The van der Waals surface area contributed by atoms with Crippen molar-refractivity contribution in [2.45, 2.75) is 25.5 Å². The molecule has 2 heterocycles. The molecule has 7 heteroatoms. The Morgan fingerprint density at radius 2 is 2.22 bits per heavy atom. The van der Waals surface area contributed by atoms with Gasteiger partial charge >= 0.3 is 6.03 Å². The summed E-state index contributed by atoms with van der Waals surface area (Å²) in [5, 5.41) is 6.07. The number of nitrogens with zero attached hydrogens (tertiary/aromatic N) is 2. The fourth-order valence-electron chi connectivity index (χ4n) is 2.66. The molecule has 1 aromatic carbocycles. The van der Waals surface area contributed by atoms with Gasteiger partial charge in [0.1, 0.15) is 5.82 Å². The molecule has 1 aliphatic heterocycles. The van der Waals surface area contributed by atoms with E-state index in [0.29, 0.717) is 23.3 Å². The van der Waals surface area contributed by atoms with Gasteiger partial charge in [-0.3, -0.25) is 9.36 Å². The quantitative estimate of drug-likeness (QED) is 0.878. The number of carbonyl (C=O) groups is 1. The van der Waals surface area contributed by atoms with Gasteiger partial charge in [0, 0.05) is 20.2 Å². The fraction of sp³-hybridized carbons (Fsp3) is 0.438. The number of carbonyl (C=O) groups excluding carboxylic acids is 1. The lowest BCUT2D eigenvalue weighted by molar-refractivity contribution is 0.111. The summed E-state index contributed by atoms with van der Waals surface area (Å²) >= 11 is 0. The third-order valence-corrected chi connectivity index (χ3v) is 4.00. The van der Waals surface area contributed by atoms with E-state index in [9.17, 15) is 9.59 Å². The molecule has 0 radical (unpaired) electrons. The number of fused-ring (bicyclic) bond motifs is 1. The first-order chi connectivity index (χ1) is 11.1. The first kappa shape index (κ1) is 15.5. The van der Waals surface area contributed by atoms with Gasteiger partial charge in [-0.1, -0.05) is 12.1 Å². The lowest BCUT2D eigenvalue weighted by Gasteiger charge is -2.13. The number of nitrogens with one attached hydrogen (secondary N) is 2. The van der Waals surface area contributed by atoms with Crippen LogP contribution in [0.1, 0.15) is 18.7 Å². The molecule has 1 atom stereocenters. The van der Waals surface area contributed by atoms with E-state index in [1.165, 1.54) is 4.57 Å². The molecule has 1 saturated heterocycles. The standard InChI is InChI=1S/C16H20N4O3/c1-20-14(19-13-7-3-2-6-12(13)15(20)21)10-18-16(22)17-9-11-5-4-8-23-11/h2-3,6-7,11H,4-5,8-10H2,1H3,(H2,17,18,22)/t11-/m1/s1. The van der Waals surface area contributed by atoms with Gasteiger partial charge in [0.2, 0.25) is 0 Å². The smallest absolute Gasteiger partial charge is 0.315 e. The second-order valence-corrected chi connectivity index (χ2v) is 5.61. The third kappa shape index (κ3) is 3.50. The number of rotatable bonds is 4. The van der Waals surface area contributed by atoms with E-state index < -0.39 is 0 Å². The minimum atomic E-state index is -0.289. The number of hydrogen-bond acceptors (Lipinski definition) is 4. The first-order valence-electron chi connectivity index (χ1n) is 7.73. The second-order valence-electron chi connectivity index (χ2n) is 5.61. The highest BCUT2D eigenvalue weighted by atomic mass is 16.5. The predicted octanol–water partition coefficient (Wildman–Crippen LogP) is 0.912. The summed E-state index contributed by atoms with van der Waals surface area (Å²) in [7, 11) is 1.66. The van der Waals surface area contributed by atoms with Crippen LogP contribution >= 0.6 is 0 Å². The Morgan fingerprint density at radius 3 is 3.00 bits per heavy atom. The monoisotopic (exact) mass is 316 g/mol. The summed E-state index contributed by atoms with van der Waals surface area (Å²) in [6, 6.07) is 6.89. The van der Waals surface area contributed by atoms with Crippen molar-refractivity contribution in [3.8, 4) is 0 Å². The SMILES string of the molecule is Cn1c(CNC(=O)NC[C@H]2CCCO2)nc2ccccc2c1=O. The van der Waals surface area contributed by atoms with E-state index in [2.05, 4.69) is 15.6 Å². The predicted molar refractivity (Wildman–Crippen MR) is 86.2 cm³/mol. The summed E-state index contributed by atoms with van der Waals surface area (Å²) < 4.78 is 6.91. The van der Waals surface area contributed by atoms with Crippen LogP contribution in [0, 0.1) is 0 Å². The Bertz CT molecular complexity index is 765. The molecule has 0 saturated carbocycles. The van der Waals surface area contributed by atoms with E-state index >= 15 is 0 Å². The molecule has 0 bridgehead atoms. The molecule has 1 fully saturated rings. The van der Waals surface area contributed by atoms with E-state index in [1.807, 2.05) is 12.1 Å². The maximum absolute atomic E-state index is 12.3. The van der Waals surface area contributed by atoms with E-state index in [0.717, 1.165) is 19.4 Å². The van der Waals surface area contributed by atoms with Crippen molar-refractivity contribution in [2.24, 2.45) is 7.05 Å². The van der Waals surface area contributed by atoms with Crippen LogP contribution in [-0.4, -0.2) is 34.8 Å². The molecule has 1 aromatic heterocycles. The molecule has 2 N–H and O–H groups in total. The van der Waals surface area contributed by atoms with Crippen LogP contribution in [-0.2, 0) is 18.3 Å². The van der Waals surface area contributed by atoms with Crippen molar-refractivity contribution >= 4 is 16.9 Å². The van der Waals surface area contributed by atoms with Crippen LogP contribution in [0.15, 0.2) is 29.1 Å². The molecule has 0 unspecified atom stereocenters. The molecule has 122 valence electrons. The second kappa shape index (κ2) is 6.78. The summed E-state index contributed by atoms with van der Waals surface area (Å²) in [4.78, 5) is 28.6. The van der Waals surface area contributed by atoms with Crippen LogP contribution < -0.4 is 16.2 Å². The molecular weight excluding hydrogens is 296 g/mol. The van der Waals surface area contributed by atoms with Crippen LogP contribution in [0.3, 0.4) is 0 Å². The highest BCUT2D eigenvalue weighted by molar-refractivity contribution is 5.77. The zero-order valence-corrected chi connectivity index (χ0v) is 13.0. The van der Waals surface area contributed by atoms with E-state index in [4.69, 9.17) is 4.74 Å².